The van der Waals surface area contributed by atoms with E-state index in [1.807, 2.05) is 6.08 Å². The first-order valence-electron chi connectivity index (χ1n) is 4.53. The van der Waals surface area contributed by atoms with E-state index in [9.17, 15) is 0 Å². The molecule has 0 amide bonds. The normalized spacial score (nSPS) is 14.2. The van der Waals surface area contributed by atoms with Crippen LogP contribution in [0.4, 0.5) is 0 Å². The van der Waals surface area contributed by atoms with Crippen LogP contribution in [0.2, 0.25) is 0 Å². The Labute approximate surface area is 80.5 Å². The quantitative estimate of drug-likeness (QED) is 0.474. The monoisotopic (exact) mass is 176 g/mol. The highest BCUT2D eigenvalue weighted by Gasteiger charge is 2.02. The highest BCUT2D eigenvalue weighted by atomic mass is 16.5. The van der Waals surface area contributed by atoms with Crippen LogP contribution in [-0.2, 0) is 4.74 Å². The third-order valence-corrected chi connectivity index (χ3v) is 1.53. The van der Waals surface area contributed by atoms with Crippen LogP contribution in [0.1, 0.15) is 20.8 Å². The zero-order chi connectivity index (χ0) is 9.73. The van der Waals surface area contributed by atoms with E-state index in [1.54, 1.807) is 0 Å². The Balaban J connectivity index is 2.09. The Hall–Kier alpha value is -1.00. The van der Waals surface area contributed by atoms with E-state index in [0.29, 0.717) is 13.2 Å². The molecule has 0 heterocycles. The predicted molar refractivity (Wildman–Crippen MR) is 55.3 cm³/mol. The van der Waals surface area contributed by atoms with E-state index < -0.39 is 0 Å². The van der Waals surface area contributed by atoms with Gasteiger partial charge in [-0.25, -0.2) is 0 Å². The fraction of sp³-hybridized carbons (Fsp3) is 0.500. The van der Waals surface area contributed by atoms with E-state index in [4.69, 9.17) is 4.74 Å². The standard InChI is InChI=1S/C12H16O/c1-12(2,3)8-5-9-13-10-11-6-4-7-11/h4,6-7H,9-10H2,1-3H3. The van der Waals surface area contributed by atoms with Crippen molar-refractivity contribution in [3.05, 3.63) is 23.8 Å². The molecule has 0 aromatic heterocycles. The molecular weight excluding hydrogens is 160 g/mol. The lowest BCUT2D eigenvalue weighted by Gasteiger charge is -2.08. The molecule has 13 heavy (non-hydrogen) atoms. The van der Waals surface area contributed by atoms with Gasteiger partial charge in [-0.15, -0.1) is 0 Å². The molecule has 1 heteroatoms. The van der Waals surface area contributed by atoms with Crippen LogP contribution < -0.4 is 0 Å². The second kappa shape index (κ2) is 4.30. The van der Waals surface area contributed by atoms with Crippen LogP contribution in [0.5, 0.6) is 0 Å². The molecule has 0 fully saturated rings. The number of hydrogen-bond acceptors (Lipinski definition) is 1. The molecule has 1 aliphatic carbocycles. The molecule has 0 aromatic carbocycles. The lowest BCUT2D eigenvalue weighted by molar-refractivity contribution is 0.193. The molecule has 0 atom stereocenters. The summed E-state index contributed by atoms with van der Waals surface area (Å²) in [5.41, 5.74) is 1.33. The summed E-state index contributed by atoms with van der Waals surface area (Å²) in [6.07, 6.45) is 6.12. The first-order chi connectivity index (χ1) is 6.08. The van der Waals surface area contributed by atoms with Crippen molar-refractivity contribution in [2.24, 2.45) is 5.41 Å². The zero-order valence-electron chi connectivity index (χ0n) is 8.55. The molecule has 0 saturated carbocycles. The minimum Gasteiger partial charge on any atom is -0.364 e. The Morgan fingerprint density at radius 2 is 2.08 bits per heavy atom. The van der Waals surface area contributed by atoms with Crippen LogP contribution >= 0.6 is 0 Å². The number of ether oxygens (including phenoxy) is 1. The maximum absolute atomic E-state index is 5.34. The topological polar surface area (TPSA) is 9.23 Å². The fourth-order valence-electron chi connectivity index (χ4n) is 0.850. The highest BCUT2D eigenvalue weighted by molar-refractivity contribution is 5.35. The molecule has 1 nitrogen and oxygen atoms in total. The van der Waals surface area contributed by atoms with E-state index in [0.717, 1.165) is 0 Å². The van der Waals surface area contributed by atoms with Crippen LogP contribution in [0, 0.1) is 17.3 Å². The largest absolute Gasteiger partial charge is 0.364 e. The van der Waals surface area contributed by atoms with E-state index in [-0.39, 0.29) is 5.41 Å². The molecule has 1 aliphatic rings. The summed E-state index contributed by atoms with van der Waals surface area (Å²) < 4.78 is 5.34. The van der Waals surface area contributed by atoms with Gasteiger partial charge in [0.05, 0.1) is 6.61 Å². The molecule has 0 saturated heterocycles. The van der Waals surface area contributed by atoms with Crippen molar-refractivity contribution < 1.29 is 4.74 Å². The number of hydrogen-bond donors (Lipinski definition) is 0. The van der Waals surface area contributed by atoms with Crippen LogP contribution in [0.25, 0.3) is 0 Å². The third-order valence-electron chi connectivity index (χ3n) is 1.53. The summed E-state index contributed by atoms with van der Waals surface area (Å²) in [5.74, 6) is 6.12. The number of rotatable bonds is 3. The summed E-state index contributed by atoms with van der Waals surface area (Å²) in [7, 11) is 0. The van der Waals surface area contributed by atoms with Gasteiger partial charge in [0.1, 0.15) is 6.61 Å². The molecule has 0 bridgehead atoms. The van der Waals surface area contributed by atoms with Gasteiger partial charge in [0.2, 0.25) is 0 Å². The Bertz CT molecular complexity index is 278. The van der Waals surface area contributed by atoms with Crippen molar-refractivity contribution in [2.45, 2.75) is 20.8 Å². The Morgan fingerprint density at radius 1 is 1.38 bits per heavy atom. The highest BCUT2D eigenvalue weighted by Crippen LogP contribution is 2.10. The lowest BCUT2D eigenvalue weighted by Crippen LogP contribution is -2.02. The minimum atomic E-state index is 0.0823. The first-order valence-corrected chi connectivity index (χ1v) is 4.53. The average Bonchev–Trinajstić information content (AvgIpc) is 1.90. The molecule has 0 spiro atoms. The van der Waals surface area contributed by atoms with Crippen molar-refractivity contribution in [3.63, 3.8) is 0 Å². The summed E-state index contributed by atoms with van der Waals surface area (Å²) in [6.45, 7) is 7.50. The third kappa shape index (κ3) is 4.55. The maximum atomic E-state index is 5.34. The van der Waals surface area contributed by atoms with Gasteiger partial charge < -0.3 is 4.74 Å². The molecule has 70 valence electrons. The van der Waals surface area contributed by atoms with E-state index in [2.05, 4.69) is 44.8 Å². The van der Waals surface area contributed by atoms with Crippen molar-refractivity contribution in [1.82, 2.24) is 0 Å². The molecule has 0 radical (unpaired) electrons. The number of allylic oxidation sites excluding steroid dienone is 2. The van der Waals surface area contributed by atoms with Gasteiger partial charge in [-0.1, -0.05) is 30.1 Å². The summed E-state index contributed by atoms with van der Waals surface area (Å²) >= 11 is 0. The van der Waals surface area contributed by atoms with Crippen LogP contribution in [0.3, 0.4) is 0 Å². The van der Waals surface area contributed by atoms with Gasteiger partial charge in [0.15, 0.2) is 0 Å². The van der Waals surface area contributed by atoms with Gasteiger partial charge in [-0.3, -0.25) is 0 Å². The van der Waals surface area contributed by atoms with Crippen molar-refractivity contribution >= 4 is 0 Å². The molecule has 0 N–H and O–H groups in total. The molecule has 0 aromatic rings. The average molecular weight is 176 g/mol. The van der Waals surface area contributed by atoms with Gasteiger partial charge in [-0.2, -0.15) is 0 Å². The first kappa shape index (κ1) is 10.1. The summed E-state index contributed by atoms with van der Waals surface area (Å²) in [5, 5.41) is 0. The summed E-state index contributed by atoms with van der Waals surface area (Å²) in [4.78, 5) is 0. The molecular formula is C12H16O. The molecule has 1 rings (SSSR count). The van der Waals surface area contributed by atoms with Gasteiger partial charge >= 0.3 is 0 Å². The maximum Gasteiger partial charge on any atom is 0.108 e. The predicted octanol–water partition coefficient (Wildman–Crippen LogP) is 2.55. The van der Waals surface area contributed by atoms with Crippen molar-refractivity contribution in [2.75, 3.05) is 13.2 Å². The van der Waals surface area contributed by atoms with Crippen LogP contribution in [-0.4, -0.2) is 13.2 Å². The Morgan fingerprint density at radius 3 is 2.54 bits per heavy atom. The van der Waals surface area contributed by atoms with E-state index in [1.165, 1.54) is 5.57 Å². The van der Waals surface area contributed by atoms with E-state index >= 15 is 0 Å². The lowest BCUT2D eigenvalue weighted by atomic mass is 9.98. The van der Waals surface area contributed by atoms with Gasteiger partial charge in [0.25, 0.3) is 0 Å². The summed E-state index contributed by atoms with van der Waals surface area (Å²) in [6, 6.07) is 0. The minimum absolute atomic E-state index is 0.0823. The van der Waals surface area contributed by atoms with Crippen LogP contribution in [0.15, 0.2) is 23.8 Å². The zero-order valence-corrected chi connectivity index (χ0v) is 8.55. The molecule has 0 aliphatic heterocycles. The SMILES string of the molecule is CC(C)(C)C#CCOCC1=CC=C1. The fourth-order valence-corrected chi connectivity index (χ4v) is 0.850. The van der Waals surface area contributed by atoms with Gasteiger partial charge in [0, 0.05) is 5.41 Å². The van der Waals surface area contributed by atoms with Gasteiger partial charge in [-0.05, 0) is 26.3 Å². The second-order valence-electron chi connectivity index (χ2n) is 4.15. The second-order valence-corrected chi connectivity index (χ2v) is 4.15. The Kier molecular flexibility index (Phi) is 3.33. The van der Waals surface area contributed by atoms with Crippen molar-refractivity contribution in [1.29, 1.82) is 0 Å². The molecule has 0 unspecified atom stereocenters. The smallest absolute Gasteiger partial charge is 0.108 e. The van der Waals surface area contributed by atoms with Crippen molar-refractivity contribution in [3.8, 4) is 11.8 Å².